The van der Waals surface area contributed by atoms with Gasteiger partial charge >= 0.3 is 0 Å². The molecule has 0 aliphatic heterocycles. The molecule has 0 unspecified atom stereocenters. The number of nitrogens with one attached hydrogen (secondary N) is 1. The van der Waals surface area contributed by atoms with Crippen molar-refractivity contribution >= 4 is 11.3 Å². The zero-order chi connectivity index (χ0) is 10.1. The summed E-state index contributed by atoms with van der Waals surface area (Å²) in [5.74, 6) is 0. The normalized spacial score (nSPS) is 10.6. The van der Waals surface area contributed by atoms with Crippen molar-refractivity contribution in [2.45, 2.75) is 32.2 Å². The zero-order valence-corrected chi connectivity index (χ0v) is 9.22. The van der Waals surface area contributed by atoms with E-state index in [1.54, 1.807) is 11.3 Å². The molecule has 0 aromatic carbocycles. The molecule has 1 aromatic heterocycles. The second-order valence-electron chi connectivity index (χ2n) is 3.28. The molecule has 0 amide bonds. The van der Waals surface area contributed by atoms with Crippen molar-refractivity contribution in [1.29, 1.82) is 0 Å². The number of aliphatic hydroxyl groups excluding tert-OH is 1. The van der Waals surface area contributed by atoms with Crippen molar-refractivity contribution in [1.82, 2.24) is 10.3 Å². The first kappa shape index (κ1) is 11.6. The fraction of sp³-hybridized carbons (Fsp3) is 0.700. The average molecular weight is 214 g/mol. The highest BCUT2D eigenvalue weighted by molar-refractivity contribution is 7.09. The summed E-state index contributed by atoms with van der Waals surface area (Å²) in [6, 6.07) is 0. The number of rotatable bonds is 8. The molecule has 4 heteroatoms. The first-order valence-electron chi connectivity index (χ1n) is 5.12. The number of aromatic nitrogens is 1. The van der Waals surface area contributed by atoms with Gasteiger partial charge in [-0.05, 0) is 19.4 Å². The van der Waals surface area contributed by atoms with Crippen LogP contribution in [0.3, 0.4) is 0 Å². The van der Waals surface area contributed by atoms with Crippen LogP contribution in [-0.4, -0.2) is 23.2 Å². The highest BCUT2D eigenvalue weighted by Gasteiger charge is 1.93. The Morgan fingerprint density at radius 2 is 2.14 bits per heavy atom. The standard InChI is InChI=1S/C10H18N2OS/c13-6-4-2-1-3-5-11-7-10-8-12-9-14-10/h8-9,11,13H,1-7H2. The molecule has 0 radical (unpaired) electrons. The van der Waals surface area contributed by atoms with Crippen LogP contribution in [-0.2, 0) is 6.54 Å². The molecular weight excluding hydrogens is 196 g/mol. The molecule has 0 saturated carbocycles. The SMILES string of the molecule is OCCCCCCNCc1cncs1. The topological polar surface area (TPSA) is 45.1 Å². The first-order valence-corrected chi connectivity index (χ1v) is 6.00. The van der Waals surface area contributed by atoms with E-state index in [1.807, 2.05) is 11.7 Å². The van der Waals surface area contributed by atoms with Gasteiger partial charge in [-0.1, -0.05) is 12.8 Å². The lowest BCUT2D eigenvalue weighted by atomic mass is 10.2. The first-order chi connectivity index (χ1) is 6.93. The van der Waals surface area contributed by atoms with Crippen LogP contribution in [0, 0.1) is 0 Å². The molecule has 3 nitrogen and oxygen atoms in total. The van der Waals surface area contributed by atoms with Crippen molar-refractivity contribution in [2.75, 3.05) is 13.2 Å². The van der Waals surface area contributed by atoms with E-state index in [0.29, 0.717) is 6.61 Å². The number of nitrogens with zero attached hydrogens (tertiary/aromatic N) is 1. The van der Waals surface area contributed by atoms with Gasteiger partial charge in [0, 0.05) is 24.2 Å². The summed E-state index contributed by atoms with van der Waals surface area (Å²) < 4.78 is 0. The molecule has 14 heavy (non-hydrogen) atoms. The third kappa shape index (κ3) is 5.32. The minimum Gasteiger partial charge on any atom is -0.396 e. The number of unbranched alkanes of at least 4 members (excludes halogenated alkanes) is 3. The molecule has 0 aliphatic rings. The number of hydrogen-bond acceptors (Lipinski definition) is 4. The summed E-state index contributed by atoms with van der Waals surface area (Å²) in [6.07, 6.45) is 6.38. The van der Waals surface area contributed by atoms with Gasteiger partial charge in [-0.15, -0.1) is 11.3 Å². The van der Waals surface area contributed by atoms with E-state index in [1.165, 1.54) is 17.7 Å². The summed E-state index contributed by atoms with van der Waals surface area (Å²) in [7, 11) is 0. The smallest absolute Gasteiger partial charge is 0.0794 e. The predicted molar refractivity (Wildman–Crippen MR) is 59.4 cm³/mol. The average Bonchev–Trinajstić information content (AvgIpc) is 2.69. The summed E-state index contributed by atoms with van der Waals surface area (Å²) in [5, 5.41) is 11.9. The molecule has 80 valence electrons. The largest absolute Gasteiger partial charge is 0.396 e. The Balaban J connectivity index is 1.85. The van der Waals surface area contributed by atoms with Crippen LogP contribution in [0.4, 0.5) is 0 Å². The van der Waals surface area contributed by atoms with Crippen molar-refractivity contribution in [3.63, 3.8) is 0 Å². The Kier molecular flexibility index (Phi) is 6.57. The molecule has 0 aliphatic carbocycles. The van der Waals surface area contributed by atoms with Crippen molar-refractivity contribution in [3.05, 3.63) is 16.6 Å². The van der Waals surface area contributed by atoms with E-state index in [4.69, 9.17) is 5.11 Å². The van der Waals surface area contributed by atoms with Gasteiger partial charge in [0.25, 0.3) is 0 Å². The van der Waals surface area contributed by atoms with E-state index in [0.717, 1.165) is 25.9 Å². The fourth-order valence-electron chi connectivity index (χ4n) is 1.26. The van der Waals surface area contributed by atoms with Gasteiger partial charge in [-0.2, -0.15) is 0 Å². The van der Waals surface area contributed by atoms with Gasteiger partial charge in [-0.25, -0.2) is 0 Å². The van der Waals surface area contributed by atoms with Gasteiger partial charge in [0.2, 0.25) is 0 Å². The molecule has 0 fully saturated rings. The lowest BCUT2D eigenvalue weighted by Crippen LogP contribution is -2.13. The Labute approximate surface area is 89.2 Å². The minimum atomic E-state index is 0.328. The van der Waals surface area contributed by atoms with E-state index in [9.17, 15) is 0 Å². The maximum atomic E-state index is 8.57. The lowest BCUT2D eigenvalue weighted by Gasteiger charge is -2.02. The summed E-state index contributed by atoms with van der Waals surface area (Å²) in [6.45, 7) is 2.32. The molecule has 0 atom stereocenters. The van der Waals surface area contributed by atoms with Crippen LogP contribution >= 0.6 is 11.3 Å². The third-order valence-electron chi connectivity index (χ3n) is 2.04. The van der Waals surface area contributed by atoms with Crippen molar-refractivity contribution < 1.29 is 5.11 Å². The zero-order valence-electron chi connectivity index (χ0n) is 8.41. The molecule has 1 aromatic rings. The Hall–Kier alpha value is -0.450. The monoisotopic (exact) mass is 214 g/mol. The fourth-order valence-corrected chi connectivity index (χ4v) is 1.82. The van der Waals surface area contributed by atoms with E-state index in [2.05, 4.69) is 10.3 Å². The summed E-state index contributed by atoms with van der Waals surface area (Å²) in [5.41, 5.74) is 1.86. The molecular formula is C10H18N2OS. The molecule has 0 spiro atoms. The molecule has 1 rings (SSSR count). The van der Waals surface area contributed by atoms with Gasteiger partial charge in [0.1, 0.15) is 0 Å². The van der Waals surface area contributed by atoms with Crippen LogP contribution < -0.4 is 5.32 Å². The van der Waals surface area contributed by atoms with Gasteiger partial charge in [-0.3, -0.25) is 4.98 Å². The Morgan fingerprint density at radius 3 is 2.86 bits per heavy atom. The van der Waals surface area contributed by atoms with Crippen LogP contribution in [0.2, 0.25) is 0 Å². The Morgan fingerprint density at radius 1 is 1.29 bits per heavy atom. The van der Waals surface area contributed by atoms with E-state index >= 15 is 0 Å². The third-order valence-corrected chi connectivity index (χ3v) is 2.82. The predicted octanol–water partition coefficient (Wildman–Crippen LogP) is 1.79. The van der Waals surface area contributed by atoms with E-state index in [-0.39, 0.29) is 0 Å². The van der Waals surface area contributed by atoms with Crippen molar-refractivity contribution in [3.8, 4) is 0 Å². The maximum absolute atomic E-state index is 8.57. The molecule has 1 heterocycles. The van der Waals surface area contributed by atoms with Crippen LogP contribution in [0.1, 0.15) is 30.6 Å². The van der Waals surface area contributed by atoms with Crippen LogP contribution in [0.25, 0.3) is 0 Å². The highest BCUT2D eigenvalue weighted by Crippen LogP contribution is 2.04. The second-order valence-corrected chi connectivity index (χ2v) is 4.25. The molecule has 0 saturated heterocycles. The summed E-state index contributed by atoms with van der Waals surface area (Å²) >= 11 is 1.69. The van der Waals surface area contributed by atoms with Crippen molar-refractivity contribution in [2.24, 2.45) is 0 Å². The number of thiazole rings is 1. The quantitative estimate of drug-likeness (QED) is 0.648. The van der Waals surface area contributed by atoms with Crippen LogP contribution in [0.15, 0.2) is 11.7 Å². The lowest BCUT2D eigenvalue weighted by molar-refractivity contribution is 0.282. The van der Waals surface area contributed by atoms with Gasteiger partial charge in [0.05, 0.1) is 5.51 Å². The molecule has 0 bridgehead atoms. The Bertz CT molecular complexity index is 214. The maximum Gasteiger partial charge on any atom is 0.0794 e. The molecule has 2 N–H and O–H groups in total. The minimum absolute atomic E-state index is 0.328. The number of hydrogen-bond donors (Lipinski definition) is 2. The van der Waals surface area contributed by atoms with Gasteiger partial charge in [0.15, 0.2) is 0 Å². The number of aliphatic hydroxyl groups is 1. The van der Waals surface area contributed by atoms with E-state index < -0.39 is 0 Å². The summed E-state index contributed by atoms with van der Waals surface area (Å²) in [4.78, 5) is 5.30. The highest BCUT2D eigenvalue weighted by atomic mass is 32.1. The second kappa shape index (κ2) is 7.91. The van der Waals surface area contributed by atoms with Crippen LogP contribution in [0.5, 0.6) is 0 Å². The van der Waals surface area contributed by atoms with Gasteiger partial charge < -0.3 is 10.4 Å².